The first-order chi connectivity index (χ1) is 12.3. The minimum Gasteiger partial charge on any atom is -0.504 e. The number of allylic oxidation sites excluding steroid dienone is 2. The lowest BCUT2D eigenvalue weighted by Crippen LogP contribution is -2.48. The number of carbonyl (C=O) groups excluding carboxylic acids is 1. The Bertz CT molecular complexity index is 740. The number of phenolic OH excluding ortho intramolecular Hbond substituents is 1. The second-order valence-corrected chi connectivity index (χ2v) is 7.90. The average molecular weight is 359 g/mol. The van der Waals surface area contributed by atoms with Crippen LogP contribution in [0.15, 0.2) is 24.0 Å². The number of fused-ring (bicyclic) bond motifs is 3. The summed E-state index contributed by atoms with van der Waals surface area (Å²) >= 11 is 0. The molecule has 0 bridgehead atoms. The van der Waals surface area contributed by atoms with Gasteiger partial charge in [-0.25, -0.2) is 0 Å². The third kappa shape index (κ3) is 2.88. The Morgan fingerprint density at radius 3 is 2.62 bits per heavy atom. The van der Waals surface area contributed by atoms with E-state index in [1.54, 1.807) is 14.2 Å². The first-order valence-electron chi connectivity index (χ1n) is 9.17. The number of benzene rings is 1. The van der Waals surface area contributed by atoms with Crippen molar-refractivity contribution in [2.45, 2.75) is 31.6 Å². The molecule has 0 spiro atoms. The van der Waals surface area contributed by atoms with Crippen molar-refractivity contribution in [2.24, 2.45) is 11.8 Å². The molecular weight excluding hydrogens is 330 g/mol. The van der Waals surface area contributed by atoms with Crippen molar-refractivity contribution >= 4 is 5.78 Å². The molecule has 26 heavy (non-hydrogen) atoms. The van der Waals surface area contributed by atoms with Crippen molar-refractivity contribution in [3.8, 4) is 11.5 Å². The topological polar surface area (TPSA) is 59.0 Å². The summed E-state index contributed by atoms with van der Waals surface area (Å²) in [6.45, 7) is 3.06. The number of hydrogen-bond donors (Lipinski definition) is 1. The highest BCUT2D eigenvalue weighted by Gasteiger charge is 2.52. The summed E-state index contributed by atoms with van der Waals surface area (Å²) in [4.78, 5) is 14.9. The van der Waals surface area contributed by atoms with Crippen LogP contribution in [0.1, 0.15) is 30.9 Å². The van der Waals surface area contributed by atoms with E-state index in [0.29, 0.717) is 23.8 Å². The molecule has 5 heteroatoms. The highest BCUT2D eigenvalue weighted by molar-refractivity contribution is 5.96. The third-order valence-corrected chi connectivity index (χ3v) is 6.04. The van der Waals surface area contributed by atoms with Crippen molar-refractivity contribution in [2.75, 3.05) is 34.9 Å². The van der Waals surface area contributed by atoms with Crippen LogP contribution in [0.25, 0.3) is 0 Å². The van der Waals surface area contributed by atoms with Gasteiger partial charge in [0.2, 0.25) is 0 Å². The summed E-state index contributed by atoms with van der Waals surface area (Å²) in [5, 5.41) is 11.0. The van der Waals surface area contributed by atoms with Crippen molar-refractivity contribution in [3.63, 3.8) is 0 Å². The van der Waals surface area contributed by atoms with Gasteiger partial charge in [-0.15, -0.1) is 0 Å². The van der Waals surface area contributed by atoms with Gasteiger partial charge in [0, 0.05) is 17.4 Å². The molecule has 2 aliphatic carbocycles. The molecule has 3 rings (SSSR count). The van der Waals surface area contributed by atoms with Gasteiger partial charge in [-0.05, 0) is 63.0 Å². The van der Waals surface area contributed by atoms with Crippen LogP contribution in [-0.4, -0.2) is 50.6 Å². The van der Waals surface area contributed by atoms with Crippen LogP contribution in [0.4, 0.5) is 0 Å². The van der Waals surface area contributed by atoms with Gasteiger partial charge in [-0.3, -0.25) is 4.79 Å². The minimum absolute atomic E-state index is 0.00442. The van der Waals surface area contributed by atoms with Crippen LogP contribution in [0.5, 0.6) is 11.5 Å². The van der Waals surface area contributed by atoms with Gasteiger partial charge in [0.15, 0.2) is 23.0 Å². The maximum atomic E-state index is 12.8. The first-order valence-corrected chi connectivity index (χ1v) is 9.17. The van der Waals surface area contributed by atoms with E-state index in [9.17, 15) is 9.90 Å². The zero-order chi connectivity index (χ0) is 19.1. The second kappa shape index (κ2) is 6.95. The Morgan fingerprint density at radius 1 is 1.27 bits per heavy atom. The van der Waals surface area contributed by atoms with Gasteiger partial charge in [0.1, 0.15) is 0 Å². The molecule has 2 aliphatic rings. The normalized spacial score (nSPS) is 27.6. The molecule has 1 N–H and O–H groups in total. The van der Waals surface area contributed by atoms with Gasteiger partial charge < -0.3 is 19.5 Å². The quantitative estimate of drug-likeness (QED) is 0.876. The van der Waals surface area contributed by atoms with Gasteiger partial charge in [-0.1, -0.05) is 13.0 Å². The second-order valence-electron chi connectivity index (χ2n) is 7.90. The first kappa shape index (κ1) is 18.8. The Labute approximate surface area is 155 Å². The molecular formula is C21H29NO4. The number of rotatable bonds is 5. The van der Waals surface area contributed by atoms with Crippen LogP contribution in [0, 0.1) is 11.8 Å². The fourth-order valence-electron chi connectivity index (χ4n) is 4.83. The number of nitrogens with zero attached hydrogens (tertiary/aromatic N) is 1. The maximum Gasteiger partial charge on any atom is 0.197 e. The van der Waals surface area contributed by atoms with Gasteiger partial charge in [-0.2, -0.15) is 0 Å². The number of methoxy groups -OCH3 is 2. The van der Waals surface area contributed by atoms with Crippen molar-refractivity contribution in [1.82, 2.24) is 4.90 Å². The molecule has 0 radical (unpaired) electrons. The van der Waals surface area contributed by atoms with Gasteiger partial charge >= 0.3 is 0 Å². The standard InChI is InChI=1S/C21H29NO4/c1-13-10-14-6-7-17(25-4)20(24)19(14)21(8-9-22(2)3)12-16(23)18(26-5)11-15(13)21/h6-7,11,13,15,24H,8-10,12H2,1-5H3/t13?,15?,21-/m1/s1. The molecule has 0 aliphatic heterocycles. The van der Waals surface area contributed by atoms with E-state index in [1.807, 2.05) is 32.3 Å². The monoisotopic (exact) mass is 359 g/mol. The van der Waals surface area contributed by atoms with E-state index in [2.05, 4.69) is 11.8 Å². The van der Waals surface area contributed by atoms with Crippen LogP contribution < -0.4 is 4.74 Å². The lowest BCUT2D eigenvalue weighted by Gasteiger charge is -2.50. The molecule has 0 heterocycles. The molecule has 0 amide bonds. The molecule has 0 aromatic heterocycles. The Kier molecular flexibility index (Phi) is 5.02. The maximum absolute atomic E-state index is 12.8. The zero-order valence-corrected chi connectivity index (χ0v) is 16.3. The van der Waals surface area contributed by atoms with E-state index in [0.717, 1.165) is 30.5 Å². The number of phenols is 1. The minimum atomic E-state index is -0.436. The molecule has 5 nitrogen and oxygen atoms in total. The molecule has 0 saturated carbocycles. The molecule has 2 unspecified atom stereocenters. The smallest absolute Gasteiger partial charge is 0.197 e. The summed E-state index contributed by atoms with van der Waals surface area (Å²) in [5.74, 6) is 1.60. The molecule has 142 valence electrons. The molecule has 0 saturated heterocycles. The van der Waals surface area contributed by atoms with Crippen LogP contribution in [0.3, 0.4) is 0 Å². The van der Waals surface area contributed by atoms with Crippen LogP contribution in [0.2, 0.25) is 0 Å². The summed E-state index contributed by atoms with van der Waals surface area (Å²) in [7, 11) is 7.18. The number of hydrogen-bond acceptors (Lipinski definition) is 5. The van der Waals surface area contributed by atoms with Gasteiger partial charge in [0.05, 0.1) is 14.2 Å². The predicted octanol–water partition coefficient (Wildman–Crippen LogP) is 2.90. The molecule has 3 atom stereocenters. The molecule has 1 aromatic carbocycles. The van der Waals surface area contributed by atoms with Crippen molar-refractivity contribution < 1.29 is 19.4 Å². The zero-order valence-electron chi connectivity index (χ0n) is 16.3. The third-order valence-electron chi connectivity index (χ3n) is 6.04. The van der Waals surface area contributed by atoms with E-state index in [4.69, 9.17) is 9.47 Å². The lowest BCUT2D eigenvalue weighted by atomic mass is 9.54. The van der Waals surface area contributed by atoms with Crippen LogP contribution >= 0.6 is 0 Å². The lowest BCUT2D eigenvalue weighted by molar-refractivity contribution is -0.121. The van der Waals surface area contributed by atoms with E-state index < -0.39 is 5.41 Å². The fourth-order valence-corrected chi connectivity index (χ4v) is 4.83. The summed E-state index contributed by atoms with van der Waals surface area (Å²) < 4.78 is 10.7. The van der Waals surface area contributed by atoms with Crippen molar-refractivity contribution in [1.29, 1.82) is 0 Å². The number of ketones is 1. The molecule has 0 fully saturated rings. The van der Waals surface area contributed by atoms with E-state index in [1.165, 1.54) is 0 Å². The number of Topliss-reactive ketones (excluding diaryl/α,β-unsaturated/α-hetero) is 1. The van der Waals surface area contributed by atoms with Gasteiger partial charge in [0.25, 0.3) is 0 Å². The van der Waals surface area contributed by atoms with E-state index in [-0.39, 0.29) is 17.5 Å². The summed E-state index contributed by atoms with van der Waals surface area (Å²) in [6, 6.07) is 3.86. The summed E-state index contributed by atoms with van der Waals surface area (Å²) in [6.07, 6.45) is 4.00. The highest BCUT2D eigenvalue weighted by atomic mass is 16.5. The SMILES string of the molecule is COC1=CC2C(C)Cc3ccc(OC)c(O)c3[C@]2(CCN(C)C)CC1=O. The fraction of sp³-hybridized carbons (Fsp3) is 0.571. The largest absolute Gasteiger partial charge is 0.504 e. The molecule has 1 aromatic rings. The summed E-state index contributed by atoms with van der Waals surface area (Å²) in [5.41, 5.74) is 1.57. The number of ether oxygens (including phenoxy) is 2. The Morgan fingerprint density at radius 2 is 2.00 bits per heavy atom. The Balaban J connectivity index is 2.23. The Hall–Kier alpha value is -2.01. The van der Waals surface area contributed by atoms with Crippen LogP contribution in [-0.2, 0) is 21.4 Å². The predicted molar refractivity (Wildman–Crippen MR) is 101 cm³/mol. The average Bonchev–Trinajstić information content (AvgIpc) is 2.59. The van der Waals surface area contributed by atoms with E-state index >= 15 is 0 Å². The van der Waals surface area contributed by atoms with Crippen molar-refractivity contribution in [3.05, 3.63) is 35.1 Å². The highest BCUT2D eigenvalue weighted by Crippen LogP contribution is 2.56. The number of carbonyl (C=O) groups is 1. The number of aromatic hydroxyl groups is 1.